The predicted octanol–water partition coefficient (Wildman–Crippen LogP) is 1.86. The Bertz CT molecular complexity index is 349. The van der Waals surface area contributed by atoms with Gasteiger partial charge in [0.05, 0.1) is 0 Å². The van der Waals surface area contributed by atoms with Gasteiger partial charge in [-0.15, -0.1) is 0 Å². The molecule has 2 rings (SSSR count). The molecule has 1 aliphatic rings. The van der Waals surface area contributed by atoms with E-state index in [2.05, 4.69) is 0 Å². The van der Waals surface area contributed by atoms with Crippen molar-refractivity contribution in [1.29, 1.82) is 0 Å². The lowest BCUT2D eigenvalue weighted by Gasteiger charge is -2.31. The zero-order valence-corrected chi connectivity index (χ0v) is 9.82. The van der Waals surface area contributed by atoms with Crippen molar-refractivity contribution in [2.24, 2.45) is 0 Å². The molecular formula is C12H15NO2S. The predicted molar refractivity (Wildman–Crippen MR) is 65.7 cm³/mol. The molecule has 1 saturated heterocycles. The van der Waals surface area contributed by atoms with E-state index in [0.29, 0.717) is 0 Å². The molecule has 86 valence electrons. The molecule has 0 aromatic heterocycles. The zero-order chi connectivity index (χ0) is 11.4. The van der Waals surface area contributed by atoms with Crippen LogP contribution in [0.25, 0.3) is 0 Å². The molecular weight excluding hydrogens is 222 g/mol. The van der Waals surface area contributed by atoms with Gasteiger partial charge in [-0.05, 0) is 5.56 Å². The molecule has 1 N–H and O–H groups in total. The van der Waals surface area contributed by atoms with Gasteiger partial charge < -0.3 is 5.11 Å². The van der Waals surface area contributed by atoms with E-state index in [1.165, 1.54) is 0 Å². The molecule has 3 nitrogen and oxygen atoms in total. The van der Waals surface area contributed by atoms with E-state index >= 15 is 0 Å². The van der Waals surface area contributed by atoms with Gasteiger partial charge in [-0.3, -0.25) is 9.69 Å². The highest BCUT2D eigenvalue weighted by molar-refractivity contribution is 7.99. The summed E-state index contributed by atoms with van der Waals surface area (Å²) in [6.07, 6.45) is 0. The van der Waals surface area contributed by atoms with Gasteiger partial charge in [0.1, 0.15) is 6.04 Å². The summed E-state index contributed by atoms with van der Waals surface area (Å²) in [5.74, 6) is 1.30. The Kier molecular flexibility index (Phi) is 3.85. The Labute approximate surface area is 99.5 Å². The van der Waals surface area contributed by atoms with Crippen molar-refractivity contribution in [1.82, 2.24) is 4.90 Å². The first-order valence-electron chi connectivity index (χ1n) is 5.38. The molecule has 0 spiro atoms. The van der Waals surface area contributed by atoms with Crippen molar-refractivity contribution < 1.29 is 9.90 Å². The monoisotopic (exact) mass is 237 g/mol. The average molecular weight is 237 g/mol. The Morgan fingerprint density at radius 1 is 1.25 bits per heavy atom. The number of hydrogen-bond acceptors (Lipinski definition) is 3. The van der Waals surface area contributed by atoms with E-state index in [-0.39, 0.29) is 0 Å². The molecule has 1 atom stereocenters. The fourth-order valence-electron chi connectivity index (χ4n) is 1.98. The first-order chi connectivity index (χ1) is 7.79. The standard InChI is InChI=1S/C12H15NO2S/c14-12(15)11(10-4-2-1-3-5-10)13-6-8-16-9-7-13/h1-5,11H,6-9H2,(H,14,15)/t11-/m1/s1. The van der Waals surface area contributed by atoms with Crippen LogP contribution in [0.1, 0.15) is 11.6 Å². The molecule has 0 aliphatic carbocycles. The fraction of sp³-hybridized carbons (Fsp3) is 0.417. The fourth-order valence-corrected chi connectivity index (χ4v) is 2.91. The topological polar surface area (TPSA) is 40.5 Å². The SMILES string of the molecule is O=C(O)[C@@H](c1ccccc1)N1CCSCC1. The summed E-state index contributed by atoms with van der Waals surface area (Å²) in [6.45, 7) is 1.72. The molecule has 1 aromatic rings. The molecule has 0 saturated carbocycles. The number of hydrogen-bond donors (Lipinski definition) is 1. The van der Waals surface area contributed by atoms with E-state index < -0.39 is 12.0 Å². The maximum Gasteiger partial charge on any atom is 0.325 e. The van der Waals surface area contributed by atoms with Gasteiger partial charge in [0.2, 0.25) is 0 Å². The van der Waals surface area contributed by atoms with Crippen molar-refractivity contribution in [3.63, 3.8) is 0 Å². The second-order valence-electron chi connectivity index (χ2n) is 3.80. The van der Waals surface area contributed by atoms with E-state index in [0.717, 1.165) is 30.2 Å². The number of carboxylic acid groups (broad SMARTS) is 1. The van der Waals surface area contributed by atoms with Crippen LogP contribution in [-0.4, -0.2) is 40.6 Å². The molecule has 0 radical (unpaired) electrons. The molecule has 0 unspecified atom stereocenters. The molecule has 1 heterocycles. The van der Waals surface area contributed by atoms with Crippen molar-refractivity contribution in [2.75, 3.05) is 24.6 Å². The van der Waals surface area contributed by atoms with Crippen LogP contribution >= 0.6 is 11.8 Å². The molecule has 1 fully saturated rings. The summed E-state index contributed by atoms with van der Waals surface area (Å²) in [7, 11) is 0. The summed E-state index contributed by atoms with van der Waals surface area (Å²) in [5.41, 5.74) is 0.877. The van der Waals surface area contributed by atoms with Crippen LogP contribution in [-0.2, 0) is 4.79 Å². The number of aliphatic carboxylic acids is 1. The summed E-state index contributed by atoms with van der Waals surface area (Å²) in [6, 6.07) is 8.99. The van der Waals surface area contributed by atoms with Gasteiger partial charge in [-0.25, -0.2) is 0 Å². The van der Waals surface area contributed by atoms with Crippen LogP contribution in [0.5, 0.6) is 0 Å². The molecule has 0 bridgehead atoms. The quantitative estimate of drug-likeness (QED) is 0.871. The Morgan fingerprint density at radius 3 is 2.44 bits per heavy atom. The minimum atomic E-state index is -0.752. The number of rotatable bonds is 3. The molecule has 4 heteroatoms. The van der Waals surface area contributed by atoms with Gasteiger partial charge in [0.25, 0.3) is 0 Å². The molecule has 1 aromatic carbocycles. The first-order valence-corrected chi connectivity index (χ1v) is 6.54. The van der Waals surface area contributed by atoms with Gasteiger partial charge in [0, 0.05) is 24.6 Å². The lowest BCUT2D eigenvalue weighted by molar-refractivity contribution is -0.143. The Balaban J connectivity index is 2.20. The second-order valence-corrected chi connectivity index (χ2v) is 5.02. The highest BCUT2D eigenvalue weighted by Gasteiger charge is 2.28. The van der Waals surface area contributed by atoms with Crippen LogP contribution in [0.15, 0.2) is 30.3 Å². The number of nitrogens with zero attached hydrogens (tertiary/aromatic N) is 1. The van der Waals surface area contributed by atoms with Crippen LogP contribution in [0.2, 0.25) is 0 Å². The third-order valence-electron chi connectivity index (χ3n) is 2.76. The highest BCUT2D eigenvalue weighted by Crippen LogP contribution is 2.24. The summed E-state index contributed by atoms with van der Waals surface area (Å²) in [5, 5.41) is 9.33. The van der Waals surface area contributed by atoms with E-state index in [9.17, 15) is 9.90 Å². The largest absolute Gasteiger partial charge is 0.480 e. The third kappa shape index (κ3) is 2.57. The Morgan fingerprint density at radius 2 is 1.88 bits per heavy atom. The molecule has 16 heavy (non-hydrogen) atoms. The van der Waals surface area contributed by atoms with E-state index in [1.54, 1.807) is 0 Å². The van der Waals surface area contributed by atoms with Crippen LogP contribution in [0.3, 0.4) is 0 Å². The Hall–Kier alpha value is -1.00. The number of carbonyl (C=O) groups is 1. The number of thioether (sulfide) groups is 1. The molecule has 1 aliphatic heterocycles. The van der Waals surface area contributed by atoms with Crippen LogP contribution in [0.4, 0.5) is 0 Å². The summed E-state index contributed by atoms with van der Waals surface area (Å²) < 4.78 is 0. The van der Waals surface area contributed by atoms with Gasteiger partial charge in [-0.2, -0.15) is 11.8 Å². The first kappa shape index (κ1) is 11.5. The minimum absolute atomic E-state index is 0.484. The van der Waals surface area contributed by atoms with Gasteiger partial charge in [0.15, 0.2) is 0 Å². The number of carboxylic acids is 1. The van der Waals surface area contributed by atoms with E-state index in [4.69, 9.17) is 0 Å². The smallest absolute Gasteiger partial charge is 0.325 e. The van der Waals surface area contributed by atoms with E-state index in [1.807, 2.05) is 47.0 Å². The summed E-state index contributed by atoms with van der Waals surface area (Å²) >= 11 is 1.89. The molecule has 0 amide bonds. The van der Waals surface area contributed by atoms with Crippen LogP contribution < -0.4 is 0 Å². The van der Waals surface area contributed by atoms with Gasteiger partial charge in [-0.1, -0.05) is 30.3 Å². The lowest BCUT2D eigenvalue weighted by atomic mass is 10.1. The van der Waals surface area contributed by atoms with Crippen LogP contribution in [0, 0.1) is 0 Å². The van der Waals surface area contributed by atoms with Gasteiger partial charge >= 0.3 is 5.97 Å². The normalized spacial score (nSPS) is 19.2. The van der Waals surface area contributed by atoms with Crippen molar-refractivity contribution in [2.45, 2.75) is 6.04 Å². The maximum atomic E-state index is 11.4. The maximum absolute atomic E-state index is 11.4. The number of benzene rings is 1. The third-order valence-corrected chi connectivity index (χ3v) is 3.70. The minimum Gasteiger partial charge on any atom is -0.480 e. The summed E-state index contributed by atoms with van der Waals surface area (Å²) in [4.78, 5) is 13.4. The highest BCUT2D eigenvalue weighted by atomic mass is 32.2. The van der Waals surface area contributed by atoms with Crippen molar-refractivity contribution in [3.8, 4) is 0 Å². The lowest BCUT2D eigenvalue weighted by Crippen LogP contribution is -2.39. The van der Waals surface area contributed by atoms with Crippen molar-refractivity contribution in [3.05, 3.63) is 35.9 Å². The van der Waals surface area contributed by atoms with Crippen molar-refractivity contribution >= 4 is 17.7 Å². The second kappa shape index (κ2) is 5.37. The zero-order valence-electron chi connectivity index (χ0n) is 9.00. The average Bonchev–Trinajstić information content (AvgIpc) is 2.31.